The van der Waals surface area contributed by atoms with Gasteiger partial charge in [0.2, 0.25) is 11.8 Å². The van der Waals surface area contributed by atoms with Crippen molar-refractivity contribution in [2.45, 2.75) is 39.3 Å². The molecule has 7 heteroatoms. The van der Waals surface area contributed by atoms with E-state index >= 15 is 0 Å². The Morgan fingerprint density at radius 1 is 1.04 bits per heavy atom. The van der Waals surface area contributed by atoms with E-state index in [1.54, 1.807) is 6.21 Å². The Kier molecular flexibility index (Phi) is 6.91. The molecule has 0 aliphatic carbocycles. The molecule has 150 valence electrons. The largest absolute Gasteiger partial charge is 0.299 e. The van der Waals surface area contributed by atoms with Crippen LogP contribution in [-0.4, -0.2) is 70.1 Å². The quantitative estimate of drug-likeness (QED) is 0.418. The highest BCUT2D eigenvalue weighted by Gasteiger charge is 2.41. The molecular weight excluding hydrogens is 372 g/mol. The van der Waals surface area contributed by atoms with Crippen molar-refractivity contribution in [2.75, 3.05) is 26.2 Å². The van der Waals surface area contributed by atoms with Crippen LogP contribution in [0.1, 0.15) is 32.3 Å². The van der Waals surface area contributed by atoms with Gasteiger partial charge in [-0.3, -0.25) is 29.3 Å². The summed E-state index contributed by atoms with van der Waals surface area (Å²) in [6.45, 7) is 7.54. The van der Waals surface area contributed by atoms with Crippen LogP contribution in [0.15, 0.2) is 35.3 Å². The van der Waals surface area contributed by atoms with Gasteiger partial charge in [0.25, 0.3) is 0 Å². The van der Waals surface area contributed by atoms with E-state index < -0.39 is 5.92 Å². The molecule has 0 N–H and O–H groups in total. The van der Waals surface area contributed by atoms with Crippen molar-refractivity contribution in [2.24, 2.45) is 10.9 Å². The molecule has 2 saturated heterocycles. The van der Waals surface area contributed by atoms with Gasteiger partial charge >= 0.3 is 0 Å². The number of carbonyl (C=O) groups excluding carboxylic acids is 2. The topological polar surface area (TPSA) is 56.2 Å². The number of hydrogen-bond donors (Lipinski definition) is 0. The lowest BCUT2D eigenvalue weighted by Gasteiger charge is -2.37. The summed E-state index contributed by atoms with van der Waals surface area (Å²) in [4.78, 5) is 35.4. The van der Waals surface area contributed by atoms with Gasteiger partial charge in [-0.05, 0) is 44.5 Å². The van der Waals surface area contributed by atoms with Crippen LogP contribution in [-0.2, 0) is 16.1 Å². The second-order valence-corrected chi connectivity index (χ2v) is 7.58. The van der Waals surface area contributed by atoms with Crippen molar-refractivity contribution in [1.82, 2.24) is 14.7 Å². The Labute approximate surface area is 172 Å². The van der Waals surface area contributed by atoms with Gasteiger partial charge < -0.3 is 0 Å². The standard InChI is InChI=1S/C21H28N4O2S/c1-3-24-19(26)18(20(27)25(4-2)21(24)28)14-22-17-10-12-23(13-11-17)15-16-8-6-5-7-9-16/h5-9,14,17-18H,3-4,10-13,15H2,1-2H3. The third kappa shape index (κ3) is 4.47. The van der Waals surface area contributed by atoms with Gasteiger partial charge in [-0.1, -0.05) is 30.3 Å². The van der Waals surface area contributed by atoms with E-state index in [9.17, 15) is 9.59 Å². The lowest BCUT2D eigenvalue weighted by atomic mass is 10.0. The fourth-order valence-corrected chi connectivity index (χ4v) is 4.20. The van der Waals surface area contributed by atoms with Crippen LogP contribution in [0.5, 0.6) is 0 Å². The first-order chi connectivity index (χ1) is 13.5. The fraction of sp³-hybridized carbons (Fsp3) is 0.524. The van der Waals surface area contributed by atoms with Crippen LogP contribution < -0.4 is 0 Å². The summed E-state index contributed by atoms with van der Waals surface area (Å²) in [5, 5.41) is 0.305. The third-order valence-corrected chi connectivity index (χ3v) is 5.85. The van der Waals surface area contributed by atoms with Crippen LogP contribution >= 0.6 is 12.2 Å². The lowest BCUT2D eigenvalue weighted by Crippen LogP contribution is -2.59. The monoisotopic (exact) mass is 400 g/mol. The molecule has 0 bridgehead atoms. The number of amides is 2. The van der Waals surface area contributed by atoms with Crippen molar-refractivity contribution in [3.8, 4) is 0 Å². The molecule has 0 unspecified atom stereocenters. The molecule has 0 atom stereocenters. The van der Waals surface area contributed by atoms with E-state index in [1.807, 2.05) is 19.9 Å². The minimum atomic E-state index is -0.853. The van der Waals surface area contributed by atoms with E-state index in [0.717, 1.165) is 32.5 Å². The van der Waals surface area contributed by atoms with Crippen molar-refractivity contribution < 1.29 is 9.59 Å². The Morgan fingerprint density at radius 3 is 2.14 bits per heavy atom. The van der Waals surface area contributed by atoms with E-state index in [-0.39, 0.29) is 17.9 Å². The number of thiocarbonyl (C=S) groups is 1. The predicted octanol–water partition coefficient (Wildman–Crippen LogP) is 2.33. The van der Waals surface area contributed by atoms with Crippen molar-refractivity contribution in [1.29, 1.82) is 0 Å². The summed E-state index contributed by atoms with van der Waals surface area (Å²) < 4.78 is 0. The van der Waals surface area contributed by atoms with Gasteiger partial charge in [-0.2, -0.15) is 0 Å². The van der Waals surface area contributed by atoms with Gasteiger partial charge in [0.1, 0.15) is 0 Å². The molecule has 2 aliphatic rings. The number of hydrogen-bond acceptors (Lipinski definition) is 5. The van der Waals surface area contributed by atoms with Gasteiger partial charge in [-0.15, -0.1) is 0 Å². The number of piperidine rings is 1. The Hall–Kier alpha value is -2.12. The van der Waals surface area contributed by atoms with E-state index in [4.69, 9.17) is 12.2 Å². The molecule has 0 aromatic heterocycles. The van der Waals surface area contributed by atoms with E-state index in [1.165, 1.54) is 15.4 Å². The Bertz CT molecular complexity index is 718. The molecule has 2 heterocycles. The van der Waals surface area contributed by atoms with Crippen LogP contribution in [0.3, 0.4) is 0 Å². The minimum Gasteiger partial charge on any atom is -0.299 e. The summed E-state index contributed by atoms with van der Waals surface area (Å²) >= 11 is 5.29. The molecule has 28 heavy (non-hydrogen) atoms. The second-order valence-electron chi connectivity index (χ2n) is 7.22. The molecular formula is C21H28N4O2S. The number of nitrogens with zero attached hydrogens (tertiary/aromatic N) is 4. The molecule has 0 spiro atoms. The first kappa shape index (κ1) is 20.6. The summed E-state index contributed by atoms with van der Waals surface area (Å²) in [5.41, 5.74) is 1.32. The number of likely N-dealkylation sites (tertiary alicyclic amines) is 1. The second kappa shape index (κ2) is 9.39. The highest BCUT2D eigenvalue weighted by molar-refractivity contribution is 7.80. The maximum Gasteiger partial charge on any atom is 0.246 e. The van der Waals surface area contributed by atoms with Crippen LogP contribution in [0.25, 0.3) is 0 Å². The normalized spacial score (nSPS) is 20.6. The molecule has 3 rings (SSSR count). The molecule has 2 fully saturated rings. The average Bonchev–Trinajstić information content (AvgIpc) is 2.70. The van der Waals surface area contributed by atoms with Gasteiger partial charge in [0.15, 0.2) is 11.0 Å². The summed E-state index contributed by atoms with van der Waals surface area (Å²) in [5.74, 6) is -1.37. The fourth-order valence-electron chi connectivity index (χ4n) is 3.76. The first-order valence-electron chi connectivity index (χ1n) is 10.0. The molecule has 2 aliphatic heterocycles. The van der Waals surface area contributed by atoms with Crippen LogP contribution in [0, 0.1) is 5.92 Å². The van der Waals surface area contributed by atoms with Gasteiger partial charge in [-0.25, -0.2) is 0 Å². The highest BCUT2D eigenvalue weighted by atomic mass is 32.1. The third-order valence-electron chi connectivity index (χ3n) is 5.41. The smallest absolute Gasteiger partial charge is 0.246 e. The maximum atomic E-state index is 12.7. The maximum absolute atomic E-state index is 12.7. The predicted molar refractivity (Wildman–Crippen MR) is 114 cm³/mol. The van der Waals surface area contributed by atoms with E-state index in [0.29, 0.717) is 18.2 Å². The Balaban J connectivity index is 1.58. The number of benzene rings is 1. The zero-order chi connectivity index (χ0) is 20.1. The molecule has 0 saturated carbocycles. The van der Waals surface area contributed by atoms with Gasteiger partial charge in [0, 0.05) is 38.9 Å². The summed E-state index contributed by atoms with van der Waals surface area (Å²) in [6, 6.07) is 10.6. The van der Waals surface area contributed by atoms with Crippen molar-refractivity contribution >= 4 is 35.4 Å². The van der Waals surface area contributed by atoms with Crippen molar-refractivity contribution in [3.05, 3.63) is 35.9 Å². The van der Waals surface area contributed by atoms with Crippen LogP contribution in [0.2, 0.25) is 0 Å². The average molecular weight is 401 g/mol. The molecule has 0 radical (unpaired) electrons. The van der Waals surface area contributed by atoms with E-state index in [2.05, 4.69) is 34.2 Å². The summed E-state index contributed by atoms with van der Waals surface area (Å²) in [7, 11) is 0. The zero-order valence-electron chi connectivity index (χ0n) is 16.6. The first-order valence-corrected chi connectivity index (χ1v) is 10.4. The molecule has 6 nitrogen and oxygen atoms in total. The number of aliphatic imine (C=N–C) groups is 1. The lowest BCUT2D eigenvalue weighted by molar-refractivity contribution is -0.143. The molecule has 2 amide bonds. The molecule has 1 aromatic carbocycles. The molecule has 1 aromatic rings. The highest BCUT2D eigenvalue weighted by Crippen LogP contribution is 2.19. The SMILES string of the molecule is CCN1C(=O)C(C=NC2CCN(Cc3ccccc3)CC2)C(=O)N(CC)C1=S. The number of rotatable bonds is 6. The Morgan fingerprint density at radius 2 is 1.61 bits per heavy atom. The summed E-state index contributed by atoms with van der Waals surface area (Å²) in [6.07, 6.45) is 3.44. The minimum absolute atomic E-state index is 0.159. The van der Waals surface area contributed by atoms with Crippen molar-refractivity contribution in [3.63, 3.8) is 0 Å². The van der Waals surface area contributed by atoms with Crippen LogP contribution in [0.4, 0.5) is 0 Å². The number of carbonyl (C=O) groups is 2. The zero-order valence-corrected chi connectivity index (χ0v) is 17.4. The van der Waals surface area contributed by atoms with Gasteiger partial charge in [0.05, 0.1) is 6.04 Å².